The molecule has 1 aliphatic heterocycles. The van der Waals surface area contributed by atoms with E-state index in [1.54, 1.807) is 29.5 Å². The number of piperazine rings is 1. The Morgan fingerprint density at radius 2 is 2.00 bits per heavy atom. The van der Waals surface area contributed by atoms with E-state index in [0.29, 0.717) is 16.6 Å². The third-order valence-corrected chi connectivity index (χ3v) is 5.21. The molecule has 118 valence electrons. The molecular formula is C15H17Cl2N3OS. The summed E-state index contributed by atoms with van der Waals surface area (Å²) in [6, 6.07) is 5.22. The molecule has 3 rings (SSSR count). The van der Waals surface area contributed by atoms with Crippen LogP contribution in [0.15, 0.2) is 29.8 Å². The lowest BCUT2D eigenvalue weighted by atomic mass is 10.1. The summed E-state index contributed by atoms with van der Waals surface area (Å²) in [6.45, 7) is 4.24. The average molecular weight is 358 g/mol. The Balaban J connectivity index is 1.56. The van der Waals surface area contributed by atoms with E-state index in [9.17, 15) is 5.11 Å². The third-order valence-electron chi connectivity index (χ3n) is 3.81. The molecule has 0 saturated carbocycles. The summed E-state index contributed by atoms with van der Waals surface area (Å²) in [4.78, 5) is 8.87. The summed E-state index contributed by atoms with van der Waals surface area (Å²) >= 11 is 13.7. The quantitative estimate of drug-likeness (QED) is 0.910. The number of rotatable bonds is 4. The van der Waals surface area contributed by atoms with Crippen LogP contribution in [-0.2, 0) is 0 Å². The van der Waals surface area contributed by atoms with Gasteiger partial charge in [0.2, 0.25) is 0 Å². The number of benzene rings is 1. The van der Waals surface area contributed by atoms with Gasteiger partial charge in [-0.1, -0.05) is 29.3 Å². The molecule has 0 bridgehead atoms. The molecule has 2 aromatic rings. The van der Waals surface area contributed by atoms with E-state index in [2.05, 4.69) is 14.8 Å². The molecule has 0 spiro atoms. The molecule has 1 atom stereocenters. The highest BCUT2D eigenvalue weighted by atomic mass is 35.5. The molecule has 1 aliphatic rings. The second-order valence-electron chi connectivity index (χ2n) is 5.28. The van der Waals surface area contributed by atoms with Gasteiger partial charge in [0, 0.05) is 59.9 Å². The van der Waals surface area contributed by atoms with E-state index in [1.807, 2.05) is 11.6 Å². The number of hydrogen-bond acceptors (Lipinski definition) is 5. The zero-order chi connectivity index (χ0) is 15.5. The van der Waals surface area contributed by atoms with E-state index in [1.165, 1.54) is 0 Å². The van der Waals surface area contributed by atoms with Gasteiger partial charge in [0.15, 0.2) is 5.13 Å². The van der Waals surface area contributed by atoms with Gasteiger partial charge < -0.3 is 10.0 Å². The largest absolute Gasteiger partial charge is 0.387 e. The second kappa shape index (κ2) is 7.15. The fraction of sp³-hybridized carbons (Fsp3) is 0.400. The Morgan fingerprint density at radius 3 is 2.64 bits per heavy atom. The number of β-amino-alcohol motifs (C(OH)–C–C–N with tert-alkyl or cyclic N) is 1. The Hall–Kier alpha value is -0.850. The Labute approximate surface area is 143 Å². The average Bonchev–Trinajstić information content (AvgIpc) is 3.02. The number of nitrogens with zero attached hydrogens (tertiary/aromatic N) is 3. The van der Waals surface area contributed by atoms with Gasteiger partial charge in [-0.25, -0.2) is 4.98 Å². The first kappa shape index (κ1) is 16.0. The van der Waals surface area contributed by atoms with Crippen molar-refractivity contribution in [3.63, 3.8) is 0 Å². The molecule has 22 heavy (non-hydrogen) atoms. The van der Waals surface area contributed by atoms with Gasteiger partial charge in [-0.15, -0.1) is 11.3 Å². The lowest BCUT2D eigenvalue weighted by molar-refractivity contribution is 0.109. The van der Waals surface area contributed by atoms with E-state index in [-0.39, 0.29) is 0 Å². The van der Waals surface area contributed by atoms with Crippen molar-refractivity contribution < 1.29 is 5.11 Å². The molecular weight excluding hydrogens is 341 g/mol. The normalized spacial score (nSPS) is 17.7. The highest BCUT2D eigenvalue weighted by Gasteiger charge is 2.22. The van der Waals surface area contributed by atoms with Crippen LogP contribution in [0.25, 0.3) is 0 Å². The molecule has 1 aromatic carbocycles. The second-order valence-corrected chi connectivity index (χ2v) is 7.00. The fourth-order valence-corrected chi connectivity index (χ4v) is 3.84. The van der Waals surface area contributed by atoms with Crippen LogP contribution >= 0.6 is 34.5 Å². The summed E-state index contributed by atoms with van der Waals surface area (Å²) in [5, 5.41) is 14.6. The number of aromatic nitrogens is 1. The summed E-state index contributed by atoms with van der Waals surface area (Å²) in [6.07, 6.45) is 1.23. The minimum atomic E-state index is -0.601. The highest BCUT2D eigenvalue weighted by Crippen LogP contribution is 2.27. The van der Waals surface area contributed by atoms with Gasteiger partial charge in [0.25, 0.3) is 0 Å². The number of thiazole rings is 1. The van der Waals surface area contributed by atoms with Gasteiger partial charge >= 0.3 is 0 Å². The smallest absolute Gasteiger partial charge is 0.185 e. The predicted octanol–water partition coefficient (Wildman–Crippen LogP) is 3.31. The summed E-state index contributed by atoms with van der Waals surface area (Å²) in [5.74, 6) is 0. The van der Waals surface area contributed by atoms with E-state index in [4.69, 9.17) is 23.2 Å². The van der Waals surface area contributed by atoms with Crippen LogP contribution in [0.2, 0.25) is 10.0 Å². The van der Waals surface area contributed by atoms with Crippen LogP contribution in [0.1, 0.15) is 11.7 Å². The zero-order valence-corrected chi connectivity index (χ0v) is 14.3. The maximum Gasteiger partial charge on any atom is 0.185 e. The van der Waals surface area contributed by atoms with Crippen LogP contribution < -0.4 is 4.90 Å². The van der Waals surface area contributed by atoms with Crippen LogP contribution in [0.4, 0.5) is 5.13 Å². The molecule has 1 N–H and O–H groups in total. The molecule has 1 aromatic heterocycles. The maximum absolute atomic E-state index is 10.4. The zero-order valence-electron chi connectivity index (χ0n) is 12.0. The van der Waals surface area contributed by atoms with E-state index >= 15 is 0 Å². The predicted molar refractivity (Wildman–Crippen MR) is 92.2 cm³/mol. The molecule has 1 saturated heterocycles. The Bertz CT molecular complexity index is 615. The van der Waals surface area contributed by atoms with Crippen molar-refractivity contribution in [1.29, 1.82) is 0 Å². The van der Waals surface area contributed by atoms with Crippen molar-refractivity contribution in [2.45, 2.75) is 6.10 Å². The fourth-order valence-electron chi connectivity index (χ4n) is 2.61. The number of hydrogen-bond donors (Lipinski definition) is 1. The van der Waals surface area contributed by atoms with Gasteiger partial charge in [0.1, 0.15) is 0 Å². The Morgan fingerprint density at radius 1 is 1.23 bits per heavy atom. The van der Waals surface area contributed by atoms with Crippen molar-refractivity contribution >= 4 is 39.7 Å². The minimum absolute atomic E-state index is 0.515. The first-order chi connectivity index (χ1) is 10.6. The number of aliphatic hydroxyl groups is 1. The molecule has 7 heteroatoms. The number of aliphatic hydroxyl groups excluding tert-OH is 1. The van der Waals surface area contributed by atoms with Crippen molar-refractivity contribution in [2.24, 2.45) is 0 Å². The molecule has 2 heterocycles. The summed E-state index contributed by atoms with van der Waals surface area (Å²) in [7, 11) is 0. The summed E-state index contributed by atoms with van der Waals surface area (Å²) < 4.78 is 0. The van der Waals surface area contributed by atoms with Crippen molar-refractivity contribution in [3.05, 3.63) is 45.4 Å². The van der Waals surface area contributed by atoms with Gasteiger partial charge in [-0.2, -0.15) is 0 Å². The van der Waals surface area contributed by atoms with E-state index in [0.717, 1.165) is 36.9 Å². The Kier molecular flexibility index (Phi) is 5.21. The highest BCUT2D eigenvalue weighted by molar-refractivity contribution is 7.13. The van der Waals surface area contributed by atoms with Crippen molar-refractivity contribution in [1.82, 2.24) is 9.88 Å². The maximum atomic E-state index is 10.4. The standard InChI is InChI=1S/C15H17Cl2N3OS/c16-11-1-2-12(13(17)9-11)14(21)10-19-4-6-20(7-5-19)15-18-3-8-22-15/h1-3,8-9,14,21H,4-7,10H2/t14-/m1/s1. The molecule has 0 radical (unpaired) electrons. The van der Waals surface area contributed by atoms with Gasteiger partial charge in [-0.05, 0) is 12.1 Å². The van der Waals surface area contributed by atoms with Crippen LogP contribution in [0.3, 0.4) is 0 Å². The monoisotopic (exact) mass is 357 g/mol. The van der Waals surface area contributed by atoms with Gasteiger partial charge in [-0.3, -0.25) is 4.90 Å². The summed E-state index contributed by atoms with van der Waals surface area (Å²) in [5.41, 5.74) is 0.730. The SMILES string of the molecule is O[C@H](CN1CCN(c2nccs2)CC1)c1ccc(Cl)cc1Cl. The van der Waals surface area contributed by atoms with Crippen LogP contribution in [0, 0.1) is 0 Å². The van der Waals surface area contributed by atoms with Crippen molar-refractivity contribution in [2.75, 3.05) is 37.6 Å². The minimum Gasteiger partial charge on any atom is -0.387 e. The molecule has 1 fully saturated rings. The third kappa shape index (κ3) is 3.73. The topological polar surface area (TPSA) is 39.6 Å². The van der Waals surface area contributed by atoms with E-state index < -0.39 is 6.10 Å². The van der Waals surface area contributed by atoms with Crippen LogP contribution in [0.5, 0.6) is 0 Å². The first-order valence-electron chi connectivity index (χ1n) is 7.13. The molecule has 4 nitrogen and oxygen atoms in total. The van der Waals surface area contributed by atoms with Gasteiger partial charge in [0.05, 0.1) is 6.10 Å². The number of halogens is 2. The van der Waals surface area contributed by atoms with Crippen LogP contribution in [-0.4, -0.2) is 47.7 Å². The lowest BCUT2D eigenvalue weighted by Crippen LogP contribution is -2.47. The lowest BCUT2D eigenvalue weighted by Gasteiger charge is -2.35. The van der Waals surface area contributed by atoms with Crippen molar-refractivity contribution in [3.8, 4) is 0 Å². The molecule has 0 aliphatic carbocycles. The number of anilines is 1. The first-order valence-corrected chi connectivity index (χ1v) is 8.77. The molecule has 0 unspecified atom stereocenters. The molecule has 0 amide bonds.